The van der Waals surface area contributed by atoms with E-state index in [1.54, 1.807) is 19.1 Å². The van der Waals surface area contributed by atoms with Crippen molar-refractivity contribution < 1.29 is 9.18 Å². The Morgan fingerprint density at radius 3 is 2.80 bits per heavy atom. The van der Waals surface area contributed by atoms with Gasteiger partial charge in [-0.05, 0) is 41.1 Å². The number of aliphatic imine (C=N–C) groups is 1. The Hall–Kier alpha value is -1.23. The van der Waals surface area contributed by atoms with E-state index < -0.39 is 0 Å². The van der Waals surface area contributed by atoms with Crippen LogP contribution in [0.3, 0.4) is 0 Å². The number of benzene rings is 1. The minimum atomic E-state index is -0.371. The van der Waals surface area contributed by atoms with Crippen molar-refractivity contribution in [1.82, 2.24) is 5.32 Å². The lowest BCUT2D eigenvalue weighted by atomic mass is 10.2. The Morgan fingerprint density at radius 1 is 1.53 bits per heavy atom. The van der Waals surface area contributed by atoms with Gasteiger partial charge in [0, 0.05) is 5.56 Å². The molecule has 2 rings (SSSR count). The van der Waals surface area contributed by atoms with E-state index in [1.165, 1.54) is 6.07 Å². The normalized spacial score (nSPS) is 20.1. The second kappa shape index (κ2) is 3.73. The first-order chi connectivity index (χ1) is 7.08. The third-order valence-corrected chi connectivity index (χ3v) is 2.74. The van der Waals surface area contributed by atoms with Crippen LogP contribution in [-0.4, -0.2) is 17.8 Å². The minimum absolute atomic E-state index is 0.134. The van der Waals surface area contributed by atoms with Crippen LogP contribution in [0.4, 0.5) is 4.39 Å². The number of nitrogens with zero attached hydrogens (tertiary/aromatic N) is 1. The molecule has 0 spiro atoms. The zero-order valence-corrected chi connectivity index (χ0v) is 9.51. The molecule has 1 aliphatic rings. The smallest absolute Gasteiger partial charge is 0.250 e. The van der Waals surface area contributed by atoms with E-state index in [-0.39, 0.29) is 17.8 Å². The molecule has 1 atom stereocenters. The molecule has 78 valence electrons. The monoisotopic (exact) mass is 270 g/mol. The van der Waals surface area contributed by atoms with Gasteiger partial charge in [-0.1, -0.05) is 0 Å². The fourth-order valence-corrected chi connectivity index (χ4v) is 1.67. The summed E-state index contributed by atoms with van der Waals surface area (Å²) in [6.07, 6.45) is 0. The minimum Gasteiger partial charge on any atom is -0.309 e. The van der Waals surface area contributed by atoms with E-state index in [1.807, 2.05) is 0 Å². The molecule has 0 fully saturated rings. The zero-order chi connectivity index (χ0) is 11.0. The lowest BCUT2D eigenvalue weighted by Gasteiger charge is -2.02. The number of rotatable bonds is 1. The number of hydrogen-bond donors (Lipinski definition) is 1. The zero-order valence-electron chi connectivity index (χ0n) is 7.92. The van der Waals surface area contributed by atoms with Crippen molar-refractivity contribution in [2.24, 2.45) is 4.99 Å². The molecule has 1 unspecified atom stereocenters. The Balaban J connectivity index is 2.35. The first-order valence-electron chi connectivity index (χ1n) is 4.42. The maximum absolute atomic E-state index is 13.0. The first-order valence-corrected chi connectivity index (χ1v) is 5.21. The van der Waals surface area contributed by atoms with Gasteiger partial charge in [0.15, 0.2) is 0 Å². The van der Waals surface area contributed by atoms with Crippen molar-refractivity contribution in [2.45, 2.75) is 13.0 Å². The quantitative estimate of drug-likeness (QED) is 0.832. The average molecular weight is 271 g/mol. The predicted molar refractivity (Wildman–Crippen MR) is 58.2 cm³/mol. The fourth-order valence-electron chi connectivity index (χ4n) is 1.30. The third-order valence-electron chi connectivity index (χ3n) is 2.14. The Labute approximate surface area is 94.5 Å². The molecular formula is C10H8BrFN2O. The predicted octanol–water partition coefficient (Wildman–Crippen LogP) is 1.85. The number of halogens is 2. The van der Waals surface area contributed by atoms with Gasteiger partial charge in [-0.25, -0.2) is 4.39 Å². The highest BCUT2D eigenvalue weighted by atomic mass is 79.9. The maximum atomic E-state index is 13.0. The van der Waals surface area contributed by atoms with Gasteiger partial charge in [0.25, 0.3) is 0 Å². The van der Waals surface area contributed by atoms with Crippen LogP contribution in [0.25, 0.3) is 0 Å². The summed E-state index contributed by atoms with van der Waals surface area (Å²) in [5.41, 5.74) is 0.695. The van der Waals surface area contributed by atoms with Crippen LogP contribution in [-0.2, 0) is 4.79 Å². The van der Waals surface area contributed by atoms with E-state index >= 15 is 0 Å². The molecule has 1 aromatic carbocycles. The van der Waals surface area contributed by atoms with Gasteiger partial charge in [-0.15, -0.1) is 0 Å². The maximum Gasteiger partial charge on any atom is 0.250 e. The fraction of sp³-hybridized carbons (Fsp3) is 0.200. The molecule has 0 bridgehead atoms. The second-order valence-electron chi connectivity index (χ2n) is 3.27. The topological polar surface area (TPSA) is 41.5 Å². The number of amides is 1. The van der Waals surface area contributed by atoms with Crippen LogP contribution < -0.4 is 5.32 Å². The number of amidine groups is 1. The van der Waals surface area contributed by atoms with E-state index in [4.69, 9.17) is 0 Å². The van der Waals surface area contributed by atoms with Gasteiger partial charge in [-0.2, -0.15) is 0 Å². The molecule has 1 aromatic rings. The third kappa shape index (κ3) is 1.92. The molecule has 1 amide bonds. The van der Waals surface area contributed by atoms with Gasteiger partial charge in [0.1, 0.15) is 17.7 Å². The molecule has 1 aliphatic heterocycles. The van der Waals surface area contributed by atoms with Crippen LogP contribution in [0.1, 0.15) is 12.5 Å². The van der Waals surface area contributed by atoms with Gasteiger partial charge in [-0.3, -0.25) is 9.79 Å². The van der Waals surface area contributed by atoms with E-state index in [9.17, 15) is 9.18 Å². The Kier molecular flexibility index (Phi) is 2.56. The Bertz CT molecular complexity index is 459. The largest absolute Gasteiger partial charge is 0.309 e. The van der Waals surface area contributed by atoms with Crippen molar-refractivity contribution in [3.05, 3.63) is 34.1 Å². The number of carbonyl (C=O) groups excluding carboxylic acids is 1. The van der Waals surface area contributed by atoms with Crippen LogP contribution in [0.2, 0.25) is 0 Å². The lowest BCUT2D eigenvalue weighted by molar-refractivity contribution is -0.119. The van der Waals surface area contributed by atoms with Crippen molar-refractivity contribution in [1.29, 1.82) is 0 Å². The summed E-state index contributed by atoms with van der Waals surface area (Å²) >= 11 is 3.08. The first kappa shape index (κ1) is 10.3. The summed E-state index contributed by atoms with van der Waals surface area (Å²) < 4.78 is 13.3. The molecule has 0 saturated carbocycles. The summed E-state index contributed by atoms with van der Waals surface area (Å²) in [5.74, 6) is 0.0235. The summed E-state index contributed by atoms with van der Waals surface area (Å²) in [6.45, 7) is 1.71. The van der Waals surface area contributed by atoms with Crippen molar-refractivity contribution in [3.8, 4) is 0 Å². The highest BCUT2D eigenvalue weighted by Gasteiger charge is 2.22. The molecule has 0 radical (unpaired) electrons. The SMILES string of the molecule is CC1N=C(c2ccc(F)c(Br)c2)NC1=O. The molecule has 0 saturated heterocycles. The number of hydrogen-bond acceptors (Lipinski definition) is 2. The molecule has 1 heterocycles. The summed E-state index contributed by atoms with van der Waals surface area (Å²) in [7, 11) is 0. The molecule has 0 aromatic heterocycles. The van der Waals surface area contributed by atoms with E-state index in [2.05, 4.69) is 26.2 Å². The summed E-state index contributed by atoms with van der Waals surface area (Å²) in [5, 5.41) is 2.63. The number of carbonyl (C=O) groups is 1. The van der Waals surface area contributed by atoms with Gasteiger partial charge < -0.3 is 5.32 Å². The molecule has 3 nitrogen and oxygen atoms in total. The standard InChI is InChI=1S/C10H8BrFN2O/c1-5-10(15)14-9(13-5)6-2-3-8(12)7(11)4-6/h2-5H,1H3,(H,13,14,15). The lowest BCUT2D eigenvalue weighted by Crippen LogP contribution is -2.27. The van der Waals surface area contributed by atoms with Crippen LogP contribution in [0.15, 0.2) is 27.7 Å². The molecule has 15 heavy (non-hydrogen) atoms. The van der Waals surface area contributed by atoms with Crippen molar-refractivity contribution in [2.75, 3.05) is 0 Å². The van der Waals surface area contributed by atoms with E-state index in [0.717, 1.165) is 0 Å². The second-order valence-corrected chi connectivity index (χ2v) is 4.13. The number of nitrogens with one attached hydrogen (secondary N) is 1. The van der Waals surface area contributed by atoms with Crippen LogP contribution in [0.5, 0.6) is 0 Å². The summed E-state index contributed by atoms with van der Waals surface area (Å²) in [6, 6.07) is 4.13. The Morgan fingerprint density at radius 2 is 2.27 bits per heavy atom. The van der Waals surface area contributed by atoms with E-state index in [0.29, 0.717) is 15.9 Å². The highest BCUT2D eigenvalue weighted by molar-refractivity contribution is 9.10. The average Bonchev–Trinajstić information content (AvgIpc) is 2.52. The highest BCUT2D eigenvalue weighted by Crippen LogP contribution is 2.18. The van der Waals surface area contributed by atoms with Gasteiger partial charge in [0.05, 0.1) is 4.47 Å². The van der Waals surface area contributed by atoms with Gasteiger partial charge >= 0.3 is 0 Å². The van der Waals surface area contributed by atoms with Crippen molar-refractivity contribution >= 4 is 27.7 Å². The van der Waals surface area contributed by atoms with Crippen LogP contribution >= 0.6 is 15.9 Å². The van der Waals surface area contributed by atoms with Gasteiger partial charge in [0.2, 0.25) is 5.91 Å². The molecule has 5 heteroatoms. The molecular weight excluding hydrogens is 263 g/mol. The van der Waals surface area contributed by atoms with Crippen LogP contribution in [0, 0.1) is 5.82 Å². The summed E-state index contributed by atoms with van der Waals surface area (Å²) in [4.78, 5) is 15.3. The molecule has 1 N–H and O–H groups in total. The van der Waals surface area contributed by atoms with Crippen molar-refractivity contribution in [3.63, 3.8) is 0 Å². The molecule has 0 aliphatic carbocycles.